The van der Waals surface area contributed by atoms with Crippen LogP contribution in [0.4, 0.5) is 0 Å². The first-order valence-electron chi connectivity index (χ1n) is 10.7. The number of sulfone groups is 1. The highest BCUT2D eigenvalue weighted by molar-refractivity contribution is 7.91. The molecule has 1 aromatic heterocycles. The third kappa shape index (κ3) is 7.18. The number of aromatic nitrogens is 1. The second kappa shape index (κ2) is 10.7. The lowest BCUT2D eigenvalue weighted by atomic mass is 10.1. The topological polar surface area (TPSA) is 95.7 Å². The molecule has 0 saturated heterocycles. The van der Waals surface area contributed by atoms with Gasteiger partial charge in [-0.05, 0) is 69.2 Å². The van der Waals surface area contributed by atoms with Crippen LogP contribution in [0.1, 0.15) is 37.3 Å². The van der Waals surface area contributed by atoms with Crippen molar-refractivity contribution in [1.29, 1.82) is 0 Å². The SMILES string of the molecule is COc1ccc(-c2nc(CS(=O)(=O)CC(=O)CCc3ccc(OC(C)C)cc3)c(C)o2)cc1. The number of carbonyl (C=O) groups excluding carboxylic acids is 1. The molecule has 0 bridgehead atoms. The van der Waals surface area contributed by atoms with Gasteiger partial charge in [-0.25, -0.2) is 13.4 Å². The summed E-state index contributed by atoms with van der Waals surface area (Å²) in [5.74, 6) is 1.02. The minimum absolute atomic E-state index is 0.0864. The number of Topliss-reactive ketones (excluding diaryl/α,β-unsaturated/α-hetero) is 1. The predicted molar refractivity (Wildman–Crippen MR) is 126 cm³/mol. The maximum atomic E-state index is 12.6. The van der Waals surface area contributed by atoms with Crippen LogP contribution in [-0.2, 0) is 26.8 Å². The highest BCUT2D eigenvalue weighted by Crippen LogP contribution is 2.25. The molecule has 3 aromatic rings. The highest BCUT2D eigenvalue weighted by Gasteiger charge is 2.22. The van der Waals surface area contributed by atoms with Crippen LogP contribution in [0.5, 0.6) is 11.5 Å². The molecule has 7 nitrogen and oxygen atoms in total. The van der Waals surface area contributed by atoms with E-state index in [4.69, 9.17) is 13.9 Å². The Balaban J connectivity index is 1.57. The Morgan fingerprint density at radius 3 is 2.27 bits per heavy atom. The molecule has 0 aliphatic heterocycles. The molecular formula is C25H29NO6S. The zero-order valence-electron chi connectivity index (χ0n) is 19.3. The van der Waals surface area contributed by atoms with E-state index in [0.29, 0.717) is 35.1 Å². The van der Waals surface area contributed by atoms with Crippen LogP contribution >= 0.6 is 0 Å². The lowest BCUT2D eigenvalue weighted by Gasteiger charge is -2.10. The first-order chi connectivity index (χ1) is 15.6. The van der Waals surface area contributed by atoms with Gasteiger partial charge in [0.05, 0.1) is 24.7 Å². The number of carbonyl (C=O) groups is 1. The van der Waals surface area contributed by atoms with Gasteiger partial charge in [0.1, 0.15) is 28.8 Å². The molecule has 8 heteroatoms. The molecule has 0 fully saturated rings. The molecule has 33 heavy (non-hydrogen) atoms. The number of hydrogen-bond donors (Lipinski definition) is 0. The molecule has 176 valence electrons. The summed E-state index contributed by atoms with van der Waals surface area (Å²) in [5, 5.41) is 0. The average molecular weight is 472 g/mol. The van der Waals surface area contributed by atoms with Crippen LogP contribution in [0.15, 0.2) is 52.9 Å². The number of nitrogens with zero attached hydrogens (tertiary/aromatic N) is 1. The van der Waals surface area contributed by atoms with Crippen molar-refractivity contribution >= 4 is 15.6 Å². The van der Waals surface area contributed by atoms with E-state index in [-0.39, 0.29) is 24.1 Å². The van der Waals surface area contributed by atoms with Crippen molar-refractivity contribution in [2.24, 2.45) is 0 Å². The van der Waals surface area contributed by atoms with Crippen LogP contribution in [0.3, 0.4) is 0 Å². The van der Waals surface area contributed by atoms with Crippen molar-refractivity contribution in [2.75, 3.05) is 12.9 Å². The van der Waals surface area contributed by atoms with Crippen LogP contribution in [0, 0.1) is 6.92 Å². The summed E-state index contributed by atoms with van der Waals surface area (Å²) in [6.45, 7) is 5.57. The minimum Gasteiger partial charge on any atom is -0.497 e. The van der Waals surface area contributed by atoms with Crippen LogP contribution < -0.4 is 9.47 Å². The van der Waals surface area contributed by atoms with Crippen molar-refractivity contribution in [3.63, 3.8) is 0 Å². The highest BCUT2D eigenvalue weighted by atomic mass is 32.2. The molecule has 0 amide bonds. The fourth-order valence-electron chi connectivity index (χ4n) is 3.29. The van der Waals surface area contributed by atoms with E-state index in [9.17, 15) is 13.2 Å². The molecule has 0 aliphatic carbocycles. The number of benzene rings is 2. The predicted octanol–water partition coefficient (Wildman–Crippen LogP) is 4.56. The van der Waals surface area contributed by atoms with Crippen molar-refractivity contribution < 1.29 is 27.1 Å². The standard InChI is InChI=1S/C25H29NO6S/c1-17(2)31-23-11-6-19(7-12-23)5-10-21(27)15-33(28,29)16-24-18(3)32-25(26-24)20-8-13-22(30-4)14-9-20/h6-9,11-14,17H,5,10,15-16H2,1-4H3. The van der Waals surface area contributed by atoms with Crippen LogP contribution in [0.2, 0.25) is 0 Å². The zero-order chi connectivity index (χ0) is 24.0. The van der Waals surface area contributed by atoms with E-state index >= 15 is 0 Å². The van der Waals surface area contributed by atoms with E-state index in [1.54, 1.807) is 38.3 Å². The van der Waals surface area contributed by atoms with Crippen molar-refractivity contribution in [3.05, 3.63) is 65.5 Å². The van der Waals surface area contributed by atoms with E-state index in [1.807, 2.05) is 38.1 Å². The Morgan fingerprint density at radius 2 is 1.67 bits per heavy atom. The summed E-state index contributed by atoms with van der Waals surface area (Å²) in [5.41, 5.74) is 1.98. The smallest absolute Gasteiger partial charge is 0.226 e. The molecule has 3 rings (SSSR count). The Labute approximate surface area is 194 Å². The summed E-state index contributed by atoms with van der Waals surface area (Å²) < 4.78 is 41.6. The Morgan fingerprint density at radius 1 is 1.03 bits per heavy atom. The third-order valence-electron chi connectivity index (χ3n) is 4.95. The molecule has 0 unspecified atom stereocenters. The van der Waals surface area contributed by atoms with E-state index in [1.165, 1.54) is 0 Å². The summed E-state index contributed by atoms with van der Waals surface area (Å²) in [6.07, 6.45) is 0.711. The summed E-state index contributed by atoms with van der Waals surface area (Å²) >= 11 is 0. The molecule has 0 aliphatic rings. The molecular weight excluding hydrogens is 442 g/mol. The van der Waals surface area contributed by atoms with Gasteiger partial charge in [-0.1, -0.05) is 12.1 Å². The molecule has 2 aromatic carbocycles. The lowest BCUT2D eigenvalue weighted by Crippen LogP contribution is -2.18. The number of aryl methyl sites for hydroxylation is 2. The number of methoxy groups -OCH3 is 1. The molecule has 0 saturated carbocycles. The fourth-order valence-corrected chi connectivity index (χ4v) is 4.71. The first kappa shape index (κ1) is 24.5. The van der Waals surface area contributed by atoms with Gasteiger partial charge in [-0.2, -0.15) is 0 Å². The summed E-state index contributed by atoms with van der Waals surface area (Å²) in [6, 6.07) is 14.6. The van der Waals surface area contributed by atoms with Gasteiger partial charge >= 0.3 is 0 Å². The Hall–Kier alpha value is -3.13. The lowest BCUT2D eigenvalue weighted by molar-refractivity contribution is -0.116. The third-order valence-corrected chi connectivity index (χ3v) is 6.43. The first-order valence-corrected chi connectivity index (χ1v) is 12.6. The normalized spacial score (nSPS) is 11.5. The maximum absolute atomic E-state index is 12.6. The van der Waals surface area contributed by atoms with Crippen LogP contribution in [0.25, 0.3) is 11.5 Å². The summed E-state index contributed by atoms with van der Waals surface area (Å²) in [7, 11) is -2.10. The monoisotopic (exact) mass is 471 g/mol. The van der Waals surface area contributed by atoms with Crippen LogP contribution in [-0.4, -0.2) is 38.2 Å². The Bertz CT molecular complexity index is 1180. The van der Waals surface area contributed by atoms with Gasteiger partial charge in [0.2, 0.25) is 5.89 Å². The van der Waals surface area contributed by atoms with Gasteiger partial charge < -0.3 is 13.9 Å². The number of oxazole rings is 1. The van der Waals surface area contributed by atoms with Crippen molar-refractivity contribution in [3.8, 4) is 23.0 Å². The number of ketones is 1. The van der Waals surface area contributed by atoms with Gasteiger partial charge in [0.15, 0.2) is 9.84 Å². The maximum Gasteiger partial charge on any atom is 0.226 e. The van der Waals surface area contributed by atoms with Crippen molar-refractivity contribution in [2.45, 2.75) is 45.5 Å². The van der Waals surface area contributed by atoms with Crippen molar-refractivity contribution in [1.82, 2.24) is 4.98 Å². The van der Waals surface area contributed by atoms with E-state index < -0.39 is 15.6 Å². The fraction of sp³-hybridized carbons (Fsp3) is 0.360. The largest absolute Gasteiger partial charge is 0.497 e. The van der Waals surface area contributed by atoms with E-state index in [2.05, 4.69) is 4.98 Å². The minimum atomic E-state index is -3.67. The molecule has 0 spiro atoms. The molecule has 0 radical (unpaired) electrons. The van der Waals surface area contributed by atoms with Gasteiger partial charge in [-0.15, -0.1) is 0 Å². The van der Waals surface area contributed by atoms with Gasteiger partial charge in [0, 0.05) is 12.0 Å². The second-order valence-corrected chi connectivity index (χ2v) is 10.2. The van der Waals surface area contributed by atoms with E-state index in [0.717, 1.165) is 11.3 Å². The zero-order valence-corrected chi connectivity index (χ0v) is 20.1. The number of hydrogen-bond acceptors (Lipinski definition) is 7. The van der Waals surface area contributed by atoms with Gasteiger partial charge in [0.25, 0.3) is 0 Å². The second-order valence-electron chi connectivity index (χ2n) is 8.13. The average Bonchev–Trinajstić information content (AvgIpc) is 3.12. The number of rotatable bonds is 11. The Kier molecular flexibility index (Phi) is 7.92. The quantitative estimate of drug-likeness (QED) is 0.404. The molecule has 0 N–H and O–H groups in total. The molecule has 0 atom stereocenters. The summed E-state index contributed by atoms with van der Waals surface area (Å²) in [4.78, 5) is 16.7. The van der Waals surface area contributed by atoms with Gasteiger partial charge in [-0.3, -0.25) is 4.79 Å². The number of ether oxygens (including phenoxy) is 2. The molecule has 1 heterocycles.